The summed E-state index contributed by atoms with van der Waals surface area (Å²) >= 11 is 0. The van der Waals surface area contributed by atoms with Crippen LogP contribution < -0.4 is 5.90 Å². The standard InChI is InChI=1S/C6H13NO/c1-5-2-3-6(4-5)8-7/h5-6H,2-4,7H2,1H3/t5-,6+/m0/s1. The average molecular weight is 115 g/mol. The molecule has 2 heteroatoms. The Labute approximate surface area is 50.0 Å². The molecule has 0 aromatic carbocycles. The Kier molecular flexibility index (Phi) is 1.86. The zero-order valence-corrected chi connectivity index (χ0v) is 5.26. The lowest BCUT2D eigenvalue weighted by Gasteiger charge is -2.03. The molecule has 0 aromatic heterocycles. The highest BCUT2D eigenvalue weighted by molar-refractivity contribution is 4.71. The van der Waals surface area contributed by atoms with E-state index in [0.717, 1.165) is 18.8 Å². The van der Waals surface area contributed by atoms with Crippen LogP contribution in [0.2, 0.25) is 0 Å². The van der Waals surface area contributed by atoms with Crippen LogP contribution in [0.4, 0.5) is 0 Å². The zero-order valence-electron chi connectivity index (χ0n) is 5.26. The Morgan fingerprint density at radius 1 is 1.50 bits per heavy atom. The van der Waals surface area contributed by atoms with Crippen molar-refractivity contribution in [1.82, 2.24) is 0 Å². The van der Waals surface area contributed by atoms with Crippen molar-refractivity contribution in [3.63, 3.8) is 0 Å². The van der Waals surface area contributed by atoms with Gasteiger partial charge in [-0.25, -0.2) is 5.90 Å². The van der Waals surface area contributed by atoms with Gasteiger partial charge in [-0.2, -0.15) is 0 Å². The molecule has 1 rings (SSSR count). The van der Waals surface area contributed by atoms with Gasteiger partial charge in [-0.15, -0.1) is 0 Å². The van der Waals surface area contributed by atoms with Crippen LogP contribution in [0, 0.1) is 5.92 Å². The maximum absolute atomic E-state index is 5.00. The number of nitrogens with two attached hydrogens (primary N) is 1. The third-order valence-electron chi connectivity index (χ3n) is 1.84. The lowest BCUT2D eigenvalue weighted by molar-refractivity contribution is 0.0564. The van der Waals surface area contributed by atoms with Crippen LogP contribution in [-0.2, 0) is 4.84 Å². The van der Waals surface area contributed by atoms with E-state index >= 15 is 0 Å². The molecule has 2 N–H and O–H groups in total. The molecule has 0 heterocycles. The second-order valence-corrected chi connectivity index (χ2v) is 2.68. The van der Waals surface area contributed by atoms with Gasteiger partial charge in [0, 0.05) is 0 Å². The van der Waals surface area contributed by atoms with E-state index in [2.05, 4.69) is 11.8 Å². The molecular weight excluding hydrogens is 102 g/mol. The lowest BCUT2D eigenvalue weighted by Crippen LogP contribution is -2.12. The van der Waals surface area contributed by atoms with Gasteiger partial charge < -0.3 is 4.84 Å². The second kappa shape index (κ2) is 2.46. The van der Waals surface area contributed by atoms with E-state index in [1.54, 1.807) is 0 Å². The normalized spacial score (nSPS) is 38.2. The fourth-order valence-corrected chi connectivity index (χ4v) is 1.28. The van der Waals surface area contributed by atoms with Crippen molar-refractivity contribution in [1.29, 1.82) is 0 Å². The van der Waals surface area contributed by atoms with Gasteiger partial charge in [-0.3, -0.25) is 0 Å². The van der Waals surface area contributed by atoms with Crippen molar-refractivity contribution in [3.8, 4) is 0 Å². The van der Waals surface area contributed by atoms with Gasteiger partial charge in [0.2, 0.25) is 0 Å². The Bertz CT molecular complexity index is 74.9. The van der Waals surface area contributed by atoms with Gasteiger partial charge >= 0.3 is 0 Å². The molecule has 0 bridgehead atoms. The van der Waals surface area contributed by atoms with E-state index in [1.165, 1.54) is 6.42 Å². The third kappa shape index (κ3) is 1.20. The highest BCUT2D eigenvalue weighted by Crippen LogP contribution is 2.25. The molecule has 1 aliphatic carbocycles. The van der Waals surface area contributed by atoms with E-state index in [1.807, 2.05) is 0 Å². The predicted molar refractivity (Wildman–Crippen MR) is 32.1 cm³/mol. The minimum atomic E-state index is 0.352. The van der Waals surface area contributed by atoms with Crippen LogP contribution in [0.25, 0.3) is 0 Å². The Morgan fingerprint density at radius 2 is 2.25 bits per heavy atom. The minimum Gasteiger partial charge on any atom is -0.301 e. The summed E-state index contributed by atoms with van der Waals surface area (Å²) in [6.07, 6.45) is 3.93. The molecule has 2 atom stereocenters. The Hall–Kier alpha value is -0.0800. The largest absolute Gasteiger partial charge is 0.301 e. The Balaban J connectivity index is 2.22. The molecule has 1 saturated carbocycles. The van der Waals surface area contributed by atoms with E-state index in [-0.39, 0.29) is 0 Å². The maximum atomic E-state index is 5.00. The molecule has 48 valence electrons. The summed E-state index contributed by atoms with van der Waals surface area (Å²) in [4.78, 5) is 4.68. The van der Waals surface area contributed by atoms with E-state index in [4.69, 9.17) is 5.90 Å². The fraction of sp³-hybridized carbons (Fsp3) is 1.00. The van der Waals surface area contributed by atoms with E-state index < -0.39 is 0 Å². The molecule has 0 unspecified atom stereocenters. The summed E-state index contributed by atoms with van der Waals surface area (Å²) in [5.74, 6) is 5.82. The van der Waals surface area contributed by atoms with Crippen molar-refractivity contribution >= 4 is 0 Å². The van der Waals surface area contributed by atoms with E-state index in [0.29, 0.717) is 6.10 Å². The maximum Gasteiger partial charge on any atom is 0.0790 e. The van der Waals surface area contributed by atoms with Gasteiger partial charge in [0.1, 0.15) is 0 Å². The molecule has 0 spiro atoms. The molecule has 8 heavy (non-hydrogen) atoms. The van der Waals surface area contributed by atoms with Gasteiger partial charge in [0.05, 0.1) is 6.10 Å². The summed E-state index contributed by atoms with van der Waals surface area (Å²) in [6, 6.07) is 0. The van der Waals surface area contributed by atoms with Gasteiger partial charge in [0.15, 0.2) is 0 Å². The summed E-state index contributed by atoms with van der Waals surface area (Å²) in [7, 11) is 0. The lowest BCUT2D eigenvalue weighted by atomic mass is 10.1. The first-order valence-electron chi connectivity index (χ1n) is 3.18. The SMILES string of the molecule is C[C@H]1CC[C@@H](ON)C1. The molecule has 0 amide bonds. The zero-order chi connectivity index (χ0) is 5.98. The monoisotopic (exact) mass is 115 g/mol. The topological polar surface area (TPSA) is 35.2 Å². The van der Waals surface area contributed by atoms with Crippen LogP contribution in [0.15, 0.2) is 0 Å². The molecule has 0 saturated heterocycles. The van der Waals surface area contributed by atoms with Crippen LogP contribution >= 0.6 is 0 Å². The smallest absolute Gasteiger partial charge is 0.0790 e. The van der Waals surface area contributed by atoms with E-state index in [9.17, 15) is 0 Å². The molecule has 0 aliphatic heterocycles. The predicted octanol–water partition coefficient (Wildman–Crippen LogP) is 1.07. The highest BCUT2D eigenvalue weighted by atomic mass is 16.6. The van der Waals surface area contributed by atoms with Crippen molar-refractivity contribution in [2.24, 2.45) is 11.8 Å². The summed E-state index contributed by atoms with van der Waals surface area (Å²) in [6.45, 7) is 2.24. The van der Waals surface area contributed by atoms with Gasteiger partial charge in [-0.05, 0) is 25.2 Å². The first kappa shape index (κ1) is 6.05. The number of hydrogen-bond acceptors (Lipinski definition) is 2. The van der Waals surface area contributed by atoms with Crippen LogP contribution in [0.3, 0.4) is 0 Å². The molecule has 0 radical (unpaired) electrons. The summed E-state index contributed by atoms with van der Waals surface area (Å²) in [5.41, 5.74) is 0. The first-order valence-corrected chi connectivity index (χ1v) is 3.18. The fourth-order valence-electron chi connectivity index (χ4n) is 1.28. The van der Waals surface area contributed by atoms with Crippen molar-refractivity contribution in [2.45, 2.75) is 32.3 Å². The van der Waals surface area contributed by atoms with Crippen molar-refractivity contribution < 1.29 is 4.84 Å². The molecule has 1 aliphatic rings. The average Bonchev–Trinajstić information content (AvgIpc) is 2.14. The highest BCUT2D eigenvalue weighted by Gasteiger charge is 2.20. The Morgan fingerprint density at radius 3 is 2.50 bits per heavy atom. The third-order valence-corrected chi connectivity index (χ3v) is 1.84. The minimum absolute atomic E-state index is 0.352. The van der Waals surface area contributed by atoms with Gasteiger partial charge in [0.25, 0.3) is 0 Å². The molecule has 1 fully saturated rings. The first-order chi connectivity index (χ1) is 3.83. The number of hydrogen-bond donors (Lipinski definition) is 1. The molecule has 2 nitrogen and oxygen atoms in total. The summed E-state index contributed by atoms with van der Waals surface area (Å²) in [5, 5.41) is 0. The van der Waals surface area contributed by atoms with Crippen LogP contribution in [0.5, 0.6) is 0 Å². The van der Waals surface area contributed by atoms with Crippen molar-refractivity contribution in [2.75, 3.05) is 0 Å². The number of rotatable bonds is 1. The summed E-state index contributed by atoms with van der Waals surface area (Å²) < 4.78 is 0. The van der Waals surface area contributed by atoms with Crippen molar-refractivity contribution in [3.05, 3.63) is 0 Å². The van der Waals surface area contributed by atoms with Crippen LogP contribution in [0.1, 0.15) is 26.2 Å². The second-order valence-electron chi connectivity index (χ2n) is 2.68. The van der Waals surface area contributed by atoms with Crippen LogP contribution in [-0.4, -0.2) is 6.10 Å². The molecular formula is C6H13NO. The molecule has 0 aromatic rings. The quantitative estimate of drug-likeness (QED) is 0.519. The van der Waals surface area contributed by atoms with Gasteiger partial charge in [-0.1, -0.05) is 6.92 Å².